The molecule has 236 valence electrons. The Kier molecular flexibility index (Phi) is 8.38. The molecule has 0 bridgehead atoms. The predicted molar refractivity (Wildman–Crippen MR) is 163 cm³/mol. The first-order valence-corrected chi connectivity index (χ1v) is 14.8. The van der Waals surface area contributed by atoms with Crippen LogP contribution in [0.4, 0.5) is 0 Å². The molecule has 0 saturated heterocycles. The fraction of sp³-hybridized carbons (Fsp3) is 0.455. The highest BCUT2D eigenvalue weighted by Gasteiger charge is 2.63. The summed E-state index contributed by atoms with van der Waals surface area (Å²) >= 11 is 0. The van der Waals surface area contributed by atoms with Crippen molar-refractivity contribution >= 4 is 11.6 Å². The summed E-state index contributed by atoms with van der Waals surface area (Å²) in [6.07, 6.45) is -1.68. The lowest BCUT2D eigenvalue weighted by Crippen LogP contribution is -2.64. The first kappa shape index (κ1) is 31.7. The summed E-state index contributed by atoms with van der Waals surface area (Å²) in [5, 5.41) is 55.6. The van der Waals surface area contributed by atoms with E-state index in [9.17, 15) is 35.1 Å². The predicted octanol–water partition coefficient (Wildman–Crippen LogP) is 2.43. The molecule has 0 radical (unpaired) electrons. The molecule has 0 aliphatic heterocycles. The number of nitrogens with zero attached hydrogens (tertiary/aromatic N) is 2. The van der Waals surface area contributed by atoms with Crippen LogP contribution in [0.1, 0.15) is 41.8 Å². The molecule has 2 unspecified atom stereocenters. The molecule has 2 aromatic rings. The number of nitrogens with two attached hydrogens (primary N) is 1. The van der Waals surface area contributed by atoms with Gasteiger partial charge in [-0.3, -0.25) is 19.4 Å². The van der Waals surface area contributed by atoms with Crippen molar-refractivity contribution in [1.82, 2.24) is 9.80 Å². The van der Waals surface area contributed by atoms with Crippen LogP contribution in [0.5, 0.6) is 11.5 Å². The maximum absolute atomic E-state index is 14.1. The second kappa shape index (κ2) is 11.6. The second-order valence-corrected chi connectivity index (χ2v) is 12.1. The lowest BCUT2D eigenvalue weighted by Gasteiger charge is -2.50. The van der Waals surface area contributed by atoms with Crippen LogP contribution in [0.25, 0.3) is 11.1 Å². The van der Waals surface area contributed by atoms with Crippen LogP contribution in [0.3, 0.4) is 0 Å². The molecule has 0 saturated carbocycles. The first-order valence-electron chi connectivity index (χ1n) is 14.8. The standard InChI is InChI=1S/C33H41N3O8/c1-6-36(7-2)15-16-8-11-23(44-5)19(12-16)18-9-10-22(37)25-20(18)13-17-14-21-27(35(3)4)29(39)26(32(34)42)31(41)33(21,43)30(40)24(17)28(25)38/h8-12,17,21,27,32,37,39-40,42-43H,6-7,13-15,34H2,1-5H3/t17-,21-,27?,32?,33-/m0/s1. The van der Waals surface area contributed by atoms with Gasteiger partial charge in [-0.05, 0) is 80.8 Å². The Hall–Kier alpha value is -3.74. The fourth-order valence-corrected chi connectivity index (χ4v) is 7.35. The van der Waals surface area contributed by atoms with Crippen LogP contribution >= 0.6 is 0 Å². The van der Waals surface area contributed by atoms with Gasteiger partial charge in [-0.15, -0.1) is 0 Å². The normalized spacial score (nSPS) is 25.7. The molecule has 0 spiro atoms. The maximum atomic E-state index is 14.1. The van der Waals surface area contributed by atoms with Crippen molar-refractivity contribution in [3.8, 4) is 22.6 Å². The van der Waals surface area contributed by atoms with Gasteiger partial charge < -0.3 is 36.0 Å². The monoisotopic (exact) mass is 607 g/mol. The number of methoxy groups -OCH3 is 1. The third-order valence-corrected chi connectivity index (χ3v) is 9.55. The molecule has 11 heteroatoms. The zero-order chi connectivity index (χ0) is 32.2. The van der Waals surface area contributed by atoms with Crippen molar-refractivity contribution in [3.05, 3.63) is 69.7 Å². The van der Waals surface area contributed by atoms with Gasteiger partial charge in [0.05, 0.1) is 24.3 Å². The van der Waals surface area contributed by atoms with E-state index in [0.717, 1.165) is 24.2 Å². The van der Waals surface area contributed by atoms with Gasteiger partial charge in [0.2, 0.25) is 5.78 Å². The van der Waals surface area contributed by atoms with E-state index >= 15 is 0 Å². The topological polar surface area (TPSA) is 177 Å². The molecule has 0 amide bonds. The SMILES string of the molecule is CCN(CC)Cc1ccc(OC)c(-c2ccc(O)c3c2C[C@H]2C[C@H]4C(N(C)C)C(O)=C(C(N)O)C(=O)[C@@]4(O)C(O)=C2C3=O)c1. The number of allylic oxidation sites excluding steroid dienone is 1. The Morgan fingerprint density at radius 3 is 2.34 bits per heavy atom. The third kappa shape index (κ3) is 4.70. The summed E-state index contributed by atoms with van der Waals surface area (Å²) in [5.74, 6) is -4.64. The number of Topliss-reactive ketones (excluding diaryl/α,β-unsaturated/α-hetero) is 2. The van der Waals surface area contributed by atoms with Crippen molar-refractivity contribution in [2.24, 2.45) is 17.6 Å². The molecule has 0 fully saturated rings. The van der Waals surface area contributed by atoms with E-state index in [-0.39, 0.29) is 29.7 Å². The van der Waals surface area contributed by atoms with E-state index in [2.05, 4.69) is 18.7 Å². The number of phenolic OH excluding ortho intramolecular Hbond substituents is 1. The van der Waals surface area contributed by atoms with E-state index in [4.69, 9.17) is 10.5 Å². The molecule has 3 aliphatic rings. The average Bonchev–Trinajstić information content (AvgIpc) is 2.97. The highest BCUT2D eigenvalue weighted by molar-refractivity contribution is 6.16. The highest BCUT2D eigenvalue weighted by Crippen LogP contribution is 2.53. The maximum Gasteiger partial charge on any atom is 0.205 e. The van der Waals surface area contributed by atoms with Crippen LogP contribution in [0.2, 0.25) is 0 Å². The van der Waals surface area contributed by atoms with Crippen LogP contribution in [-0.4, -0.2) is 99.1 Å². The van der Waals surface area contributed by atoms with Crippen molar-refractivity contribution in [3.63, 3.8) is 0 Å². The third-order valence-electron chi connectivity index (χ3n) is 9.55. The van der Waals surface area contributed by atoms with Gasteiger partial charge in [0.1, 0.15) is 29.2 Å². The summed E-state index contributed by atoms with van der Waals surface area (Å²) in [6.45, 7) is 6.65. The summed E-state index contributed by atoms with van der Waals surface area (Å²) in [7, 11) is 4.82. The molecular formula is C33H41N3O8. The van der Waals surface area contributed by atoms with Gasteiger partial charge in [-0.1, -0.05) is 26.0 Å². The number of aromatic hydroxyl groups is 1. The first-order chi connectivity index (χ1) is 20.8. The number of hydrogen-bond donors (Lipinski definition) is 6. The Bertz CT molecular complexity index is 1570. The molecule has 3 aliphatic carbocycles. The Labute approximate surface area is 256 Å². The van der Waals surface area contributed by atoms with E-state index in [1.165, 1.54) is 6.07 Å². The number of carbonyl (C=O) groups is 2. The summed E-state index contributed by atoms with van der Waals surface area (Å²) in [6, 6.07) is 8.05. The van der Waals surface area contributed by atoms with Crippen molar-refractivity contribution in [2.45, 2.75) is 51.1 Å². The number of benzene rings is 2. The summed E-state index contributed by atoms with van der Waals surface area (Å²) in [4.78, 5) is 31.6. The highest BCUT2D eigenvalue weighted by atomic mass is 16.5. The average molecular weight is 608 g/mol. The summed E-state index contributed by atoms with van der Waals surface area (Å²) < 4.78 is 5.71. The van der Waals surface area contributed by atoms with E-state index in [0.29, 0.717) is 23.4 Å². The fourth-order valence-electron chi connectivity index (χ4n) is 7.35. The number of rotatable bonds is 8. The number of fused-ring (bicyclic) bond motifs is 3. The number of aliphatic hydroxyl groups is 4. The Balaban J connectivity index is 1.68. The number of likely N-dealkylation sites (N-methyl/N-ethyl adjacent to an activating group) is 1. The van der Waals surface area contributed by atoms with Crippen molar-refractivity contribution < 1.29 is 39.9 Å². The molecule has 0 heterocycles. The minimum absolute atomic E-state index is 0.0246. The number of phenols is 1. The lowest BCUT2D eigenvalue weighted by atomic mass is 9.58. The van der Waals surface area contributed by atoms with Gasteiger partial charge in [0, 0.05) is 23.6 Å². The van der Waals surface area contributed by atoms with Crippen LogP contribution in [-0.2, 0) is 17.8 Å². The minimum atomic E-state index is -2.62. The van der Waals surface area contributed by atoms with Gasteiger partial charge in [0.15, 0.2) is 11.4 Å². The number of hydrogen-bond acceptors (Lipinski definition) is 11. The van der Waals surface area contributed by atoms with Gasteiger partial charge in [-0.25, -0.2) is 0 Å². The lowest BCUT2D eigenvalue weighted by molar-refractivity contribution is -0.148. The van der Waals surface area contributed by atoms with E-state index in [1.54, 1.807) is 32.2 Å². The largest absolute Gasteiger partial charge is 0.510 e. The molecule has 2 aromatic carbocycles. The van der Waals surface area contributed by atoms with Gasteiger partial charge >= 0.3 is 0 Å². The van der Waals surface area contributed by atoms with Crippen LogP contribution in [0.15, 0.2) is 53.0 Å². The van der Waals surface area contributed by atoms with Crippen molar-refractivity contribution in [1.29, 1.82) is 0 Å². The van der Waals surface area contributed by atoms with E-state index in [1.807, 2.05) is 18.2 Å². The van der Waals surface area contributed by atoms with Crippen LogP contribution in [0, 0.1) is 11.8 Å². The molecule has 11 nitrogen and oxygen atoms in total. The number of ketones is 2. The van der Waals surface area contributed by atoms with Crippen molar-refractivity contribution in [2.75, 3.05) is 34.3 Å². The van der Waals surface area contributed by atoms with Gasteiger partial charge in [0.25, 0.3) is 0 Å². The Morgan fingerprint density at radius 1 is 1.07 bits per heavy atom. The molecule has 5 rings (SSSR count). The van der Waals surface area contributed by atoms with Crippen LogP contribution < -0.4 is 10.5 Å². The molecule has 5 atom stereocenters. The minimum Gasteiger partial charge on any atom is -0.510 e. The quantitative estimate of drug-likeness (QED) is 0.243. The van der Waals surface area contributed by atoms with Gasteiger partial charge in [-0.2, -0.15) is 0 Å². The van der Waals surface area contributed by atoms with E-state index < -0.39 is 58.4 Å². The molecule has 7 N–H and O–H groups in total. The number of aliphatic hydroxyl groups excluding tert-OH is 3. The Morgan fingerprint density at radius 2 is 1.75 bits per heavy atom. The smallest absolute Gasteiger partial charge is 0.205 e. The second-order valence-electron chi connectivity index (χ2n) is 12.1. The molecule has 44 heavy (non-hydrogen) atoms. The number of carbonyl (C=O) groups excluding carboxylic acids is 2. The molecule has 0 aromatic heterocycles. The molecular weight excluding hydrogens is 566 g/mol. The zero-order valence-corrected chi connectivity index (χ0v) is 25.7. The number of ether oxygens (including phenoxy) is 1. The zero-order valence-electron chi connectivity index (χ0n) is 25.7. The summed E-state index contributed by atoms with van der Waals surface area (Å²) in [5.41, 5.74) is 5.18.